The molecule has 168 valence electrons. The van der Waals surface area contributed by atoms with E-state index in [1.54, 1.807) is 13.4 Å². The number of guanidine groups is 1. The molecule has 1 saturated heterocycles. The molecular weight excluding hydrogens is 394 g/mol. The lowest BCUT2D eigenvalue weighted by molar-refractivity contribution is 0.0504. The Kier molecular flexibility index (Phi) is 7.49. The van der Waals surface area contributed by atoms with Crippen LogP contribution in [0.1, 0.15) is 57.0 Å². The number of H-pyrrole nitrogens is 1. The van der Waals surface area contributed by atoms with Crippen molar-refractivity contribution < 1.29 is 9.53 Å². The molecule has 1 fully saturated rings. The summed E-state index contributed by atoms with van der Waals surface area (Å²) < 4.78 is 5.45. The van der Waals surface area contributed by atoms with Crippen molar-refractivity contribution in [3.63, 3.8) is 0 Å². The number of carbonyl (C=O) groups excluding carboxylic acids is 1. The molecular formula is C22H33N7O2. The zero-order valence-electron chi connectivity index (χ0n) is 18.8. The molecule has 3 rings (SSSR count). The van der Waals surface area contributed by atoms with Gasteiger partial charge in [-0.2, -0.15) is 5.10 Å². The van der Waals surface area contributed by atoms with Crippen LogP contribution in [0.25, 0.3) is 0 Å². The summed E-state index contributed by atoms with van der Waals surface area (Å²) in [5.41, 5.74) is 0.447. The fourth-order valence-electron chi connectivity index (χ4n) is 3.69. The van der Waals surface area contributed by atoms with E-state index < -0.39 is 11.7 Å². The molecule has 1 amide bonds. The molecule has 31 heavy (non-hydrogen) atoms. The number of piperidine rings is 1. The number of carbonyl (C=O) groups is 1. The van der Waals surface area contributed by atoms with Gasteiger partial charge in [-0.15, -0.1) is 0 Å². The SMILES string of the molecule is CN=C(NCC(NC(=O)OC(C)(C)C)c1ccccc1)N1CCC(c2ncn[nH]2)CC1. The van der Waals surface area contributed by atoms with E-state index in [1.165, 1.54) is 0 Å². The quantitative estimate of drug-likeness (QED) is 0.500. The van der Waals surface area contributed by atoms with Gasteiger partial charge < -0.3 is 20.3 Å². The number of aliphatic imine (C=N–C) groups is 1. The highest BCUT2D eigenvalue weighted by atomic mass is 16.6. The van der Waals surface area contributed by atoms with E-state index in [9.17, 15) is 4.79 Å². The maximum atomic E-state index is 12.4. The molecule has 0 radical (unpaired) electrons. The lowest BCUT2D eigenvalue weighted by Crippen LogP contribution is -2.48. The van der Waals surface area contributed by atoms with Gasteiger partial charge in [0.25, 0.3) is 0 Å². The van der Waals surface area contributed by atoms with Crippen LogP contribution in [0.4, 0.5) is 4.79 Å². The molecule has 2 aromatic rings. The van der Waals surface area contributed by atoms with Crippen LogP contribution in [0.5, 0.6) is 0 Å². The maximum Gasteiger partial charge on any atom is 0.408 e. The van der Waals surface area contributed by atoms with Gasteiger partial charge in [-0.3, -0.25) is 10.1 Å². The zero-order valence-corrected chi connectivity index (χ0v) is 18.8. The van der Waals surface area contributed by atoms with Crippen molar-refractivity contribution in [2.45, 2.75) is 51.2 Å². The maximum absolute atomic E-state index is 12.4. The van der Waals surface area contributed by atoms with Crippen LogP contribution in [0.2, 0.25) is 0 Å². The Hall–Kier alpha value is -3.10. The summed E-state index contributed by atoms with van der Waals surface area (Å²) in [6.45, 7) is 7.81. The molecule has 0 bridgehead atoms. The van der Waals surface area contributed by atoms with Crippen molar-refractivity contribution >= 4 is 12.1 Å². The fourth-order valence-corrected chi connectivity index (χ4v) is 3.69. The average molecular weight is 428 g/mol. The lowest BCUT2D eigenvalue weighted by Gasteiger charge is -2.34. The van der Waals surface area contributed by atoms with Gasteiger partial charge in [-0.25, -0.2) is 9.78 Å². The molecule has 0 saturated carbocycles. The van der Waals surface area contributed by atoms with E-state index in [2.05, 4.69) is 35.7 Å². The predicted octanol–water partition coefficient (Wildman–Crippen LogP) is 2.83. The van der Waals surface area contributed by atoms with E-state index in [1.807, 2.05) is 51.1 Å². The summed E-state index contributed by atoms with van der Waals surface area (Å²) in [7, 11) is 1.78. The smallest absolute Gasteiger partial charge is 0.408 e. The number of hydrogen-bond donors (Lipinski definition) is 3. The Labute approximate surface area is 183 Å². The van der Waals surface area contributed by atoms with E-state index in [0.29, 0.717) is 12.5 Å². The monoisotopic (exact) mass is 427 g/mol. The van der Waals surface area contributed by atoms with Gasteiger partial charge in [0.05, 0.1) is 6.04 Å². The Morgan fingerprint density at radius 1 is 1.29 bits per heavy atom. The molecule has 0 aliphatic carbocycles. The third-order valence-corrected chi connectivity index (χ3v) is 5.18. The number of alkyl carbamates (subject to hydrolysis) is 1. The highest BCUT2D eigenvalue weighted by Gasteiger charge is 2.25. The summed E-state index contributed by atoms with van der Waals surface area (Å²) in [6, 6.07) is 9.62. The van der Waals surface area contributed by atoms with Gasteiger partial charge in [-0.1, -0.05) is 30.3 Å². The second kappa shape index (κ2) is 10.3. The first-order chi connectivity index (χ1) is 14.9. The Morgan fingerprint density at radius 2 is 2.00 bits per heavy atom. The van der Waals surface area contributed by atoms with Crippen molar-refractivity contribution in [3.05, 3.63) is 48.0 Å². The normalized spacial score (nSPS) is 16.6. The first kappa shape index (κ1) is 22.6. The molecule has 1 aromatic carbocycles. The molecule has 9 heteroatoms. The minimum absolute atomic E-state index is 0.250. The number of nitrogens with zero attached hydrogens (tertiary/aromatic N) is 4. The van der Waals surface area contributed by atoms with Crippen LogP contribution in [0, 0.1) is 0 Å². The Morgan fingerprint density at radius 3 is 2.58 bits per heavy atom. The molecule has 0 spiro atoms. The second-order valence-corrected chi connectivity index (χ2v) is 8.67. The van der Waals surface area contributed by atoms with Gasteiger partial charge in [0, 0.05) is 32.6 Å². The van der Waals surface area contributed by atoms with Crippen molar-refractivity contribution in [1.82, 2.24) is 30.7 Å². The van der Waals surface area contributed by atoms with Gasteiger partial charge in [0.1, 0.15) is 17.8 Å². The molecule has 1 atom stereocenters. The number of hydrogen-bond acceptors (Lipinski definition) is 5. The number of likely N-dealkylation sites (tertiary alicyclic amines) is 1. The van der Waals surface area contributed by atoms with Crippen LogP contribution < -0.4 is 10.6 Å². The van der Waals surface area contributed by atoms with Gasteiger partial charge in [-0.05, 0) is 39.2 Å². The zero-order chi connectivity index (χ0) is 22.3. The second-order valence-electron chi connectivity index (χ2n) is 8.67. The largest absolute Gasteiger partial charge is 0.444 e. The van der Waals surface area contributed by atoms with Crippen molar-refractivity contribution in [1.29, 1.82) is 0 Å². The summed E-state index contributed by atoms with van der Waals surface area (Å²) in [6.07, 6.45) is 3.08. The summed E-state index contributed by atoms with van der Waals surface area (Å²) >= 11 is 0. The standard InChI is InChI=1S/C22H33N7O2/c1-22(2,3)31-21(30)27-18(16-8-6-5-7-9-16)14-24-20(23-4)29-12-10-17(11-13-29)19-25-15-26-28-19/h5-9,15,17-18H,10-14H2,1-4H3,(H,23,24)(H,27,30)(H,25,26,28). The minimum Gasteiger partial charge on any atom is -0.444 e. The highest BCUT2D eigenvalue weighted by Crippen LogP contribution is 2.25. The number of aromatic nitrogens is 3. The first-order valence-corrected chi connectivity index (χ1v) is 10.7. The minimum atomic E-state index is -0.553. The highest BCUT2D eigenvalue weighted by molar-refractivity contribution is 5.80. The number of nitrogens with one attached hydrogen (secondary N) is 3. The molecule has 3 N–H and O–H groups in total. The van der Waals surface area contributed by atoms with Gasteiger partial charge >= 0.3 is 6.09 Å². The number of rotatable bonds is 5. The van der Waals surface area contributed by atoms with Crippen molar-refractivity contribution in [3.8, 4) is 0 Å². The predicted molar refractivity (Wildman–Crippen MR) is 120 cm³/mol. The van der Waals surface area contributed by atoms with Gasteiger partial charge in [0.15, 0.2) is 5.96 Å². The van der Waals surface area contributed by atoms with Crippen LogP contribution in [0.15, 0.2) is 41.7 Å². The molecule has 1 aliphatic heterocycles. The van der Waals surface area contributed by atoms with E-state index in [-0.39, 0.29) is 6.04 Å². The summed E-state index contributed by atoms with van der Waals surface area (Å²) in [5.74, 6) is 2.17. The van der Waals surface area contributed by atoms with Crippen molar-refractivity contribution in [2.75, 3.05) is 26.7 Å². The molecule has 1 aliphatic rings. The lowest BCUT2D eigenvalue weighted by atomic mass is 9.96. The number of ether oxygens (including phenoxy) is 1. The van der Waals surface area contributed by atoms with E-state index in [0.717, 1.165) is 43.3 Å². The Bertz CT molecular complexity index is 838. The van der Waals surface area contributed by atoms with E-state index in [4.69, 9.17) is 4.74 Å². The number of benzene rings is 1. The summed E-state index contributed by atoms with van der Waals surface area (Å²) in [4.78, 5) is 23.4. The van der Waals surface area contributed by atoms with Crippen LogP contribution in [-0.4, -0.2) is 64.4 Å². The van der Waals surface area contributed by atoms with Gasteiger partial charge in [0.2, 0.25) is 0 Å². The molecule has 2 heterocycles. The van der Waals surface area contributed by atoms with Crippen molar-refractivity contribution in [2.24, 2.45) is 4.99 Å². The summed E-state index contributed by atoms with van der Waals surface area (Å²) in [5, 5.41) is 13.3. The number of aromatic amines is 1. The van der Waals surface area contributed by atoms with E-state index >= 15 is 0 Å². The molecule has 1 unspecified atom stereocenters. The van der Waals surface area contributed by atoms with Crippen LogP contribution in [0.3, 0.4) is 0 Å². The topological polar surface area (TPSA) is 108 Å². The first-order valence-electron chi connectivity index (χ1n) is 10.7. The average Bonchev–Trinajstić information content (AvgIpc) is 3.28. The fraction of sp³-hybridized carbons (Fsp3) is 0.545. The third kappa shape index (κ3) is 6.70. The molecule has 9 nitrogen and oxygen atoms in total. The third-order valence-electron chi connectivity index (χ3n) is 5.18. The Balaban J connectivity index is 1.59. The number of amides is 1. The van der Waals surface area contributed by atoms with Crippen LogP contribution >= 0.6 is 0 Å². The van der Waals surface area contributed by atoms with Crippen LogP contribution in [-0.2, 0) is 4.74 Å². The molecule has 1 aromatic heterocycles.